The summed E-state index contributed by atoms with van der Waals surface area (Å²) >= 11 is 0. The lowest BCUT2D eigenvalue weighted by Gasteiger charge is -2.00. The van der Waals surface area contributed by atoms with Crippen molar-refractivity contribution in [3.63, 3.8) is 0 Å². The average Bonchev–Trinajstić information content (AvgIpc) is 2.91. The van der Waals surface area contributed by atoms with Gasteiger partial charge in [0.25, 0.3) is 0 Å². The highest BCUT2D eigenvalue weighted by Gasteiger charge is 2.05. The normalized spacial score (nSPS) is 10.5. The van der Waals surface area contributed by atoms with E-state index in [9.17, 15) is 0 Å². The van der Waals surface area contributed by atoms with Gasteiger partial charge in [-0.15, -0.1) is 0 Å². The van der Waals surface area contributed by atoms with Gasteiger partial charge < -0.3 is 0 Å². The molecule has 1 aromatic heterocycles. The molecule has 0 fully saturated rings. The number of hydrogen-bond donors (Lipinski definition) is 0. The molecule has 0 bridgehead atoms. The first-order valence-electron chi connectivity index (χ1n) is 6.29. The zero-order valence-electron chi connectivity index (χ0n) is 10.7. The molecule has 2 aromatic carbocycles. The maximum Gasteiger partial charge on any atom is 0.0991 e. The standard InChI is InChI=1S/C16H13N3/c1-2-13-4-3-5-14-11-19(18-16(13)14)15-8-6-12(10-17)7-9-15/h3-9,11H,2H2,1H3. The Morgan fingerprint density at radius 1 is 1.16 bits per heavy atom. The number of hydrogen-bond acceptors (Lipinski definition) is 2. The molecule has 3 nitrogen and oxygen atoms in total. The van der Waals surface area contributed by atoms with Gasteiger partial charge in [-0.3, -0.25) is 0 Å². The van der Waals surface area contributed by atoms with Crippen LogP contribution in [0.2, 0.25) is 0 Å². The number of aromatic nitrogens is 2. The maximum atomic E-state index is 8.81. The van der Waals surface area contributed by atoms with E-state index in [1.54, 1.807) is 0 Å². The summed E-state index contributed by atoms with van der Waals surface area (Å²) in [7, 11) is 0. The zero-order valence-corrected chi connectivity index (χ0v) is 10.7. The fourth-order valence-corrected chi connectivity index (χ4v) is 2.21. The molecule has 0 aliphatic rings. The minimum atomic E-state index is 0.662. The van der Waals surface area contributed by atoms with Gasteiger partial charge in [-0.25, -0.2) is 4.68 Å². The topological polar surface area (TPSA) is 41.6 Å². The van der Waals surface area contributed by atoms with Crippen LogP contribution in [0.1, 0.15) is 18.1 Å². The summed E-state index contributed by atoms with van der Waals surface area (Å²) in [5.74, 6) is 0. The summed E-state index contributed by atoms with van der Waals surface area (Å²) in [6.07, 6.45) is 3.00. The van der Waals surface area contributed by atoms with Gasteiger partial charge >= 0.3 is 0 Å². The quantitative estimate of drug-likeness (QED) is 0.696. The maximum absolute atomic E-state index is 8.81. The van der Waals surface area contributed by atoms with Crippen LogP contribution in [0.4, 0.5) is 0 Å². The van der Waals surface area contributed by atoms with Gasteiger partial charge in [-0.1, -0.05) is 25.1 Å². The predicted octanol–water partition coefficient (Wildman–Crippen LogP) is 3.46. The van der Waals surface area contributed by atoms with Gasteiger partial charge in [0, 0.05) is 11.6 Å². The van der Waals surface area contributed by atoms with E-state index in [1.807, 2.05) is 35.1 Å². The van der Waals surface area contributed by atoms with Crippen LogP contribution in [0.5, 0.6) is 0 Å². The van der Waals surface area contributed by atoms with Gasteiger partial charge in [-0.2, -0.15) is 10.4 Å². The molecule has 3 heteroatoms. The Labute approximate surface area is 111 Å². The lowest BCUT2D eigenvalue weighted by molar-refractivity contribution is 0.892. The van der Waals surface area contributed by atoms with Crippen molar-refractivity contribution in [1.29, 1.82) is 5.26 Å². The summed E-state index contributed by atoms with van der Waals surface area (Å²) in [6, 6.07) is 15.8. The van der Waals surface area contributed by atoms with Crippen molar-refractivity contribution >= 4 is 10.9 Å². The number of benzene rings is 2. The number of fused-ring (bicyclic) bond motifs is 1. The number of rotatable bonds is 2. The molecule has 0 unspecified atom stereocenters. The van der Waals surface area contributed by atoms with Gasteiger partial charge in [0.2, 0.25) is 0 Å². The second-order valence-electron chi connectivity index (χ2n) is 4.44. The zero-order chi connectivity index (χ0) is 13.2. The highest BCUT2D eigenvalue weighted by Crippen LogP contribution is 2.20. The molecule has 0 amide bonds. The molecule has 0 saturated carbocycles. The van der Waals surface area contributed by atoms with Crippen molar-refractivity contribution < 1.29 is 0 Å². The second kappa shape index (κ2) is 4.58. The van der Waals surface area contributed by atoms with Crippen LogP contribution in [-0.4, -0.2) is 9.78 Å². The number of nitrogens with zero attached hydrogens (tertiary/aromatic N) is 3. The van der Waals surface area contributed by atoms with Crippen molar-refractivity contribution in [2.24, 2.45) is 0 Å². The molecule has 3 rings (SSSR count). The van der Waals surface area contributed by atoms with Gasteiger partial charge in [0.1, 0.15) is 0 Å². The molecule has 1 heterocycles. The monoisotopic (exact) mass is 247 g/mol. The first-order valence-corrected chi connectivity index (χ1v) is 6.29. The lowest BCUT2D eigenvalue weighted by Crippen LogP contribution is -1.94. The third kappa shape index (κ3) is 1.98. The molecule has 0 radical (unpaired) electrons. The molecule has 0 N–H and O–H groups in total. The molecule has 0 aliphatic carbocycles. The predicted molar refractivity (Wildman–Crippen MR) is 75.2 cm³/mol. The summed E-state index contributed by atoms with van der Waals surface area (Å²) in [5, 5.41) is 14.6. The molecule has 0 spiro atoms. The van der Waals surface area contributed by atoms with Crippen molar-refractivity contribution in [3.8, 4) is 11.8 Å². The van der Waals surface area contributed by atoms with Crippen LogP contribution in [0, 0.1) is 11.3 Å². The van der Waals surface area contributed by atoms with Gasteiger partial charge in [0.15, 0.2) is 0 Å². The van der Waals surface area contributed by atoms with Crippen molar-refractivity contribution in [3.05, 3.63) is 59.8 Å². The lowest BCUT2D eigenvalue weighted by atomic mass is 10.1. The Kier molecular flexibility index (Phi) is 2.77. The van der Waals surface area contributed by atoms with Crippen molar-refractivity contribution in [1.82, 2.24) is 9.78 Å². The van der Waals surface area contributed by atoms with Crippen LogP contribution in [-0.2, 0) is 6.42 Å². The van der Waals surface area contributed by atoms with Crippen LogP contribution in [0.3, 0.4) is 0 Å². The summed E-state index contributed by atoms with van der Waals surface area (Å²) < 4.78 is 1.87. The summed E-state index contributed by atoms with van der Waals surface area (Å²) in [4.78, 5) is 0. The summed E-state index contributed by atoms with van der Waals surface area (Å²) in [5.41, 5.74) is 3.94. The van der Waals surface area contributed by atoms with E-state index in [0.717, 1.165) is 23.0 Å². The molecule has 92 valence electrons. The molecule has 19 heavy (non-hydrogen) atoms. The molecule has 0 atom stereocenters. The van der Waals surface area contributed by atoms with Crippen molar-refractivity contribution in [2.45, 2.75) is 13.3 Å². The fraction of sp³-hybridized carbons (Fsp3) is 0.125. The molecular formula is C16H13N3. The molecule has 0 aliphatic heterocycles. The van der Waals surface area contributed by atoms with Crippen LogP contribution in [0.25, 0.3) is 16.6 Å². The van der Waals surface area contributed by atoms with Crippen LogP contribution < -0.4 is 0 Å². The highest BCUT2D eigenvalue weighted by molar-refractivity contribution is 5.81. The first kappa shape index (κ1) is 11.5. The highest BCUT2D eigenvalue weighted by atomic mass is 15.3. The average molecular weight is 247 g/mol. The SMILES string of the molecule is CCc1cccc2cn(-c3ccc(C#N)cc3)nc12. The van der Waals surface area contributed by atoms with Gasteiger partial charge in [0.05, 0.1) is 22.8 Å². The fourth-order valence-electron chi connectivity index (χ4n) is 2.21. The van der Waals surface area contributed by atoms with E-state index in [1.165, 1.54) is 5.56 Å². The largest absolute Gasteiger partial charge is 0.240 e. The number of nitriles is 1. The van der Waals surface area contributed by atoms with E-state index in [2.05, 4.69) is 36.3 Å². The number of aryl methyl sites for hydroxylation is 1. The van der Waals surface area contributed by atoms with E-state index < -0.39 is 0 Å². The third-order valence-corrected chi connectivity index (χ3v) is 3.26. The van der Waals surface area contributed by atoms with Crippen molar-refractivity contribution in [2.75, 3.05) is 0 Å². The van der Waals surface area contributed by atoms with E-state index >= 15 is 0 Å². The van der Waals surface area contributed by atoms with E-state index in [4.69, 9.17) is 5.26 Å². The Morgan fingerprint density at radius 2 is 1.95 bits per heavy atom. The van der Waals surface area contributed by atoms with E-state index in [0.29, 0.717) is 5.56 Å². The van der Waals surface area contributed by atoms with Crippen LogP contribution in [0.15, 0.2) is 48.7 Å². The molecule has 0 saturated heterocycles. The Balaban J connectivity index is 2.12. The first-order chi connectivity index (χ1) is 9.31. The molecular weight excluding hydrogens is 234 g/mol. The second-order valence-corrected chi connectivity index (χ2v) is 4.44. The Hall–Kier alpha value is -2.60. The Morgan fingerprint density at radius 3 is 2.63 bits per heavy atom. The Bertz CT molecular complexity index is 761. The third-order valence-electron chi connectivity index (χ3n) is 3.26. The van der Waals surface area contributed by atoms with Gasteiger partial charge in [-0.05, 0) is 36.2 Å². The minimum Gasteiger partial charge on any atom is -0.240 e. The minimum absolute atomic E-state index is 0.662. The smallest absolute Gasteiger partial charge is 0.0991 e. The van der Waals surface area contributed by atoms with Crippen LogP contribution >= 0.6 is 0 Å². The summed E-state index contributed by atoms with van der Waals surface area (Å²) in [6.45, 7) is 2.13. The molecule has 3 aromatic rings. The van der Waals surface area contributed by atoms with E-state index in [-0.39, 0.29) is 0 Å².